The zero-order chi connectivity index (χ0) is 23.5. The number of ketones is 2. The first-order valence-electron chi connectivity index (χ1n) is 11.5. The van der Waals surface area contributed by atoms with Gasteiger partial charge in [0, 0.05) is 23.9 Å². The largest absolute Gasteiger partial charge is 0.449 e. The highest BCUT2D eigenvalue weighted by Gasteiger charge is 2.70. The molecule has 0 bridgehead atoms. The third-order valence-corrected chi connectivity index (χ3v) is 9.08. The maximum Gasteiger partial charge on any atom is 0.333 e. The predicted octanol–water partition coefficient (Wildman–Crippen LogP) is 2.00. The van der Waals surface area contributed by atoms with E-state index in [1.165, 1.54) is 7.11 Å². The molecule has 0 radical (unpaired) electrons. The summed E-state index contributed by atoms with van der Waals surface area (Å²) < 4.78 is 10.7. The van der Waals surface area contributed by atoms with Crippen molar-refractivity contribution in [2.24, 2.45) is 34.5 Å². The van der Waals surface area contributed by atoms with Crippen molar-refractivity contribution in [1.82, 2.24) is 0 Å². The van der Waals surface area contributed by atoms with E-state index in [-0.39, 0.29) is 42.5 Å². The second-order valence-corrected chi connectivity index (χ2v) is 10.6. The maximum absolute atomic E-state index is 13.1. The summed E-state index contributed by atoms with van der Waals surface area (Å²) in [6, 6.07) is 0. The second-order valence-electron chi connectivity index (χ2n) is 10.6. The molecule has 0 amide bonds. The first kappa shape index (κ1) is 23.3. The van der Waals surface area contributed by atoms with Gasteiger partial charge >= 0.3 is 5.97 Å². The first-order valence-corrected chi connectivity index (χ1v) is 11.5. The number of carbonyl (C=O) groups is 3. The molecule has 7 heteroatoms. The van der Waals surface area contributed by atoms with Gasteiger partial charge in [-0.3, -0.25) is 9.59 Å². The van der Waals surface area contributed by atoms with Gasteiger partial charge in [0.25, 0.3) is 0 Å². The molecule has 4 aliphatic carbocycles. The molecular formula is C25H34O7. The van der Waals surface area contributed by atoms with Crippen LogP contribution in [0.25, 0.3) is 0 Å². The van der Waals surface area contributed by atoms with E-state index in [2.05, 4.69) is 13.8 Å². The summed E-state index contributed by atoms with van der Waals surface area (Å²) in [5, 5.41) is 21.3. The van der Waals surface area contributed by atoms with Crippen molar-refractivity contribution in [2.45, 2.75) is 58.2 Å². The van der Waals surface area contributed by atoms with Crippen LogP contribution in [0.4, 0.5) is 0 Å². The van der Waals surface area contributed by atoms with Gasteiger partial charge in [-0.1, -0.05) is 32.4 Å². The fourth-order valence-corrected chi connectivity index (χ4v) is 7.89. The van der Waals surface area contributed by atoms with Crippen LogP contribution in [-0.2, 0) is 23.9 Å². The number of aliphatic hydroxyl groups is 2. The summed E-state index contributed by atoms with van der Waals surface area (Å²) in [4.78, 5) is 37.6. The minimum Gasteiger partial charge on any atom is -0.449 e. The van der Waals surface area contributed by atoms with Crippen molar-refractivity contribution in [1.29, 1.82) is 0 Å². The van der Waals surface area contributed by atoms with Crippen molar-refractivity contribution in [3.63, 3.8) is 0 Å². The van der Waals surface area contributed by atoms with E-state index in [1.807, 2.05) is 13.0 Å². The van der Waals surface area contributed by atoms with E-state index < -0.39 is 40.9 Å². The Balaban J connectivity index is 1.76. The van der Waals surface area contributed by atoms with Crippen LogP contribution in [0.1, 0.15) is 46.5 Å². The van der Waals surface area contributed by atoms with Gasteiger partial charge in [-0.05, 0) is 55.6 Å². The molecule has 8 atom stereocenters. The first-order chi connectivity index (χ1) is 15.0. The third-order valence-electron chi connectivity index (χ3n) is 9.08. The van der Waals surface area contributed by atoms with Crippen LogP contribution in [0.15, 0.2) is 23.8 Å². The normalized spacial score (nSPS) is 44.9. The predicted molar refractivity (Wildman–Crippen MR) is 115 cm³/mol. The van der Waals surface area contributed by atoms with Gasteiger partial charge < -0.3 is 19.7 Å². The van der Waals surface area contributed by atoms with Crippen molar-refractivity contribution in [3.05, 3.63) is 23.8 Å². The number of esters is 1. The Morgan fingerprint density at radius 3 is 2.66 bits per heavy atom. The molecule has 0 heterocycles. The van der Waals surface area contributed by atoms with E-state index >= 15 is 0 Å². The van der Waals surface area contributed by atoms with E-state index in [1.54, 1.807) is 12.2 Å². The average Bonchev–Trinajstić information content (AvgIpc) is 3.01. The number of aliphatic hydroxyl groups excluding tert-OH is 2. The van der Waals surface area contributed by atoms with Gasteiger partial charge in [-0.15, -0.1) is 0 Å². The third kappa shape index (κ3) is 3.08. The fourth-order valence-electron chi connectivity index (χ4n) is 7.89. The standard InChI is InChI=1S/C25H34O7/c1-14-9-16-17-6-8-25(20(29)12-26,32-21(30)13-31-4)24(17,3)11-19(28)22(16)23(2)7-5-15(27)10-18(14)23/h5,7,10,14,16-17,19,22,26,28H,6,8-9,11-13H2,1-4H3/t14?,16-,17-,19?,22+,23-,24-,25-/m0/s1. The van der Waals surface area contributed by atoms with Gasteiger partial charge in [0.15, 0.2) is 11.4 Å². The molecule has 0 aromatic carbocycles. The van der Waals surface area contributed by atoms with Crippen LogP contribution < -0.4 is 0 Å². The average molecular weight is 447 g/mol. The summed E-state index contributed by atoms with van der Waals surface area (Å²) in [6.45, 7) is 5.14. The Hall–Kier alpha value is -1.83. The van der Waals surface area contributed by atoms with Crippen LogP contribution in [-0.4, -0.2) is 59.8 Å². The Bertz CT molecular complexity index is 891. The Kier molecular flexibility index (Phi) is 5.75. The monoisotopic (exact) mass is 446 g/mol. The molecule has 7 nitrogen and oxygen atoms in total. The van der Waals surface area contributed by atoms with Crippen molar-refractivity contribution in [2.75, 3.05) is 20.3 Å². The summed E-state index contributed by atoms with van der Waals surface area (Å²) >= 11 is 0. The zero-order valence-electron chi connectivity index (χ0n) is 19.3. The van der Waals surface area contributed by atoms with Crippen LogP contribution in [0.5, 0.6) is 0 Å². The fraction of sp³-hybridized carbons (Fsp3) is 0.720. The van der Waals surface area contributed by atoms with Crippen LogP contribution in [0, 0.1) is 34.5 Å². The van der Waals surface area contributed by atoms with Gasteiger partial charge in [0.2, 0.25) is 5.78 Å². The molecule has 0 aliphatic heterocycles. The number of fused-ring (bicyclic) bond motifs is 5. The molecule has 3 saturated carbocycles. The molecule has 2 N–H and O–H groups in total. The molecule has 0 spiro atoms. The molecule has 176 valence electrons. The van der Waals surface area contributed by atoms with E-state index in [9.17, 15) is 24.6 Å². The lowest BCUT2D eigenvalue weighted by molar-refractivity contribution is -0.203. The number of methoxy groups -OCH3 is 1. The second kappa shape index (κ2) is 7.89. The molecule has 3 fully saturated rings. The number of hydrogen-bond donors (Lipinski definition) is 2. The summed E-state index contributed by atoms with van der Waals surface area (Å²) in [7, 11) is 1.38. The topological polar surface area (TPSA) is 110 Å². The number of rotatable bonds is 5. The van der Waals surface area contributed by atoms with Gasteiger partial charge in [0.1, 0.15) is 13.2 Å². The lowest BCUT2D eigenvalue weighted by Gasteiger charge is -2.61. The zero-order valence-corrected chi connectivity index (χ0v) is 19.3. The Morgan fingerprint density at radius 1 is 1.28 bits per heavy atom. The number of allylic oxidation sites excluding steroid dienone is 4. The van der Waals surface area contributed by atoms with Crippen LogP contribution in [0.3, 0.4) is 0 Å². The highest BCUT2D eigenvalue weighted by atomic mass is 16.6. The molecule has 4 aliphatic rings. The lowest BCUT2D eigenvalue weighted by atomic mass is 9.44. The van der Waals surface area contributed by atoms with Crippen molar-refractivity contribution in [3.8, 4) is 0 Å². The number of hydrogen-bond acceptors (Lipinski definition) is 7. The lowest BCUT2D eigenvalue weighted by Crippen LogP contribution is -2.63. The quantitative estimate of drug-likeness (QED) is 0.622. The van der Waals surface area contributed by atoms with Gasteiger partial charge in [-0.2, -0.15) is 0 Å². The number of Topliss-reactive ketones (excluding diaryl/α,β-unsaturated/α-hetero) is 1. The summed E-state index contributed by atoms with van der Waals surface area (Å²) in [5.41, 5.74) is -1.65. The number of ether oxygens (including phenoxy) is 2. The maximum atomic E-state index is 13.1. The highest BCUT2D eigenvalue weighted by molar-refractivity contribution is 6.01. The molecule has 32 heavy (non-hydrogen) atoms. The molecule has 4 rings (SSSR count). The van der Waals surface area contributed by atoms with Crippen LogP contribution >= 0.6 is 0 Å². The Morgan fingerprint density at radius 2 is 2.00 bits per heavy atom. The van der Waals surface area contributed by atoms with Crippen LogP contribution in [0.2, 0.25) is 0 Å². The molecule has 0 aromatic heterocycles. The SMILES string of the molecule is COCC(=O)O[C@]1(C(=O)CO)CC[C@H]2[C@@H]3CC(C)C4=CC(=O)C=C[C@]4(C)[C@H]3C(O)C[C@@]21C. The number of carbonyl (C=O) groups excluding carboxylic acids is 3. The van der Waals surface area contributed by atoms with E-state index in [0.717, 1.165) is 12.0 Å². The molecule has 0 aromatic rings. The summed E-state index contributed by atoms with van der Waals surface area (Å²) in [6.07, 6.45) is 6.59. The van der Waals surface area contributed by atoms with Crippen molar-refractivity contribution >= 4 is 17.5 Å². The van der Waals surface area contributed by atoms with E-state index in [4.69, 9.17) is 9.47 Å². The minimum absolute atomic E-state index is 0.0172. The van der Waals surface area contributed by atoms with Gasteiger partial charge in [0.05, 0.1) is 6.10 Å². The van der Waals surface area contributed by atoms with Crippen molar-refractivity contribution < 1.29 is 34.1 Å². The highest BCUT2D eigenvalue weighted by Crippen LogP contribution is 2.68. The van der Waals surface area contributed by atoms with Gasteiger partial charge in [-0.25, -0.2) is 4.79 Å². The molecule has 0 saturated heterocycles. The summed E-state index contributed by atoms with van der Waals surface area (Å²) in [5.74, 6) is -0.989. The van der Waals surface area contributed by atoms with E-state index in [0.29, 0.717) is 12.8 Å². The Labute approximate surface area is 188 Å². The molecular weight excluding hydrogens is 412 g/mol. The molecule has 2 unspecified atom stereocenters. The smallest absolute Gasteiger partial charge is 0.333 e. The minimum atomic E-state index is -1.48.